The molecule has 0 N–H and O–H groups in total. The number of rotatable bonds is 7. The van der Waals surface area contributed by atoms with Gasteiger partial charge in [-0.15, -0.1) is 0 Å². The molecule has 4 nitrogen and oxygen atoms in total. The highest BCUT2D eigenvalue weighted by Gasteiger charge is 2.32. The van der Waals surface area contributed by atoms with Gasteiger partial charge in [-0.05, 0) is 104 Å². The van der Waals surface area contributed by atoms with Gasteiger partial charge in [-0.25, -0.2) is 0 Å². The van der Waals surface area contributed by atoms with Crippen molar-refractivity contribution < 1.29 is 13.2 Å². The summed E-state index contributed by atoms with van der Waals surface area (Å²) in [5.41, 5.74) is 12.3. The van der Waals surface area contributed by atoms with Crippen molar-refractivity contribution in [3.05, 3.63) is 241 Å². The number of nitriles is 2. The fourth-order valence-corrected chi connectivity index (χ4v) is 10.1. The molecular weight excluding hydrogens is 870 g/mol. The van der Waals surface area contributed by atoms with E-state index in [2.05, 4.69) is 143 Å². The van der Waals surface area contributed by atoms with Gasteiger partial charge in [0.1, 0.15) is 11.6 Å². The number of halogens is 3. The molecular formula is C63H37F3N4. The van der Waals surface area contributed by atoms with Gasteiger partial charge < -0.3 is 9.13 Å². The second-order valence-electron chi connectivity index (χ2n) is 17.4. The molecule has 0 aliphatic rings. The van der Waals surface area contributed by atoms with Crippen molar-refractivity contribution in [1.29, 1.82) is 10.5 Å². The zero-order valence-corrected chi connectivity index (χ0v) is 37.3. The largest absolute Gasteiger partial charge is 0.416 e. The van der Waals surface area contributed by atoms with Crippen LogP contribution in [0.1, 0.15) is 16.7 Å². The summed E-state index contributed by atoms with van der Waals surface area (Å²) >= 11 is 0. The molecule has 0 unspecified atom stereocenters. The van der Waals surface area contributed by atoms with Gasteiger partial charge in [0.05, 0.1) is 50.6 Å². The van der Waals surface area contributed by atoms with Crippen molar-refractivity contribution >= 4 is 43.6 Å². The Bertz CT molecular complexity index is 3690. The maximum atomic E-state index is 14.3. The Morgan fingerprint density at radius 1 is 0.329 bits per heavy atom. The van der Waals surface area contributed by atoms with E-state index in [1.165, 1.54) is 6.07 Å². The SMILES string of the molecule is N#Cc1cc(C(F)(F)F)ccc1-c1cc(-n2c3cc(-c4ccccc4)ccc3c3ccc(-c4ccccc4)cc32)c(C#N)c(-n2c3cc(-c4ccccc4)ccc3c3ccc(-c4ccccc4)cc32)c1. The van der Waals surface area contributed by atoms with Crippen LogP contribution in [0.15, 0.2) is 224 Å². The Morgan fingerprint density at radius 2 is 0.671 bits per heavy atom. The molecule has 12 rings (SSSR count). The zero-order chi connectivity index (χ0) is 47.5. The van der Waals surface area contributed by atoms with Crippen LogP contribution in [0.2, 0.25) is 0 Å². The first-order valence-corrected chi connectivity index (χ1v) is 22.8. The fraction of sp³-hybridized carbons (Fsp3) is 0.0159. The monoisotopic (exact) mass is 906 g/mol. The van der Waals surface area contributed by atoms with Crippen molar-refractivity contribution in [1.82, 2.24) is 9.13 Å². The van der Waals surface area contributed by atoms with Gasteiger partial charge in [-0.2, -0.15) is 23.7 Å². The average molecular weight is 907 g/mol. The second-order valence-corrected chi connectivity index (χ2v) is 17.4. The van der Waals surface area contributed by atoms with Crippen LogP contribution in [-0.4, -0.2) is 9.13 Å². The first-order valence-electron chi connectivity index (χ1n) is 22.8. The number of hydrogen-bond donors (Lipinski definition) is 0. The standard InChI is InChI=1S/C63H37F3N4/c64-63(65,66)50-25-30-51(49(31-50)38-67)48-36-61(69-57-32-44(40-13-5-1-6-14-40)21-26-52(57)53-27-22-45(33-58(53)69)41-15-7-2-8-16-41)56(39-68)62(37-48)70-59-34-46(42-17-9-3-10-18-42)23-28-54(59)55-29-24-47(35-60(55)70)43-19-11-4-12-20-43/h1-37H. The minimum absolute atomic E-state index is 0.142. The highest BCUT2D eigenvalue weighted by atomic mass is 19.4. The van der Waals surface area contributed by atoms with Crippen LogP contribution in [-0.2, 0) is 6.18 Å². The number of benzene rings is 10. The molecule has 7 heteroatoms. The van der Waals surface area contributed by atoms with Gasteiger partial charge >= 0.3 is 6.18 Å². The molecule has 2 heterocycles. The number of fused-ring (bicyclic) bond motifs is 6. The molecule has 0 radical (unpaired) electrons. The summed E-state index contributed by atoms with van der Waals surface area (Å²) in [4.78, 5) is 0. The third-order valence-electron chi connectivity index (χ3n) is 13.4. The van der Waals surface area contributed by atoms with Crippen molar-refractivity contribution in [2.24, 2.45) is 0 Å². The van der Waals surface area contributed by atoms with E-state index < -0.39 is 11.7 Å². The van der Waals surface area contributed by atoms with Gasteiger partial charge in [0.25, 0.3) is 0 Å². The minimum atomic E-state index is -4.67. The van der Waals surface area contributed by atoms with Crippen LogP contribution in [0.5, 0.6) is 0 Å². The van der Waals surface area contributed by atoms with Gasteiger partial charge in [0.15, 0.2) is 0 Å². The Hall–Kier alpha value is -9.43. The molecule has 0 atom stereocenters. The van der Waals surface area contributed by atoms with Crippen molar-refractivity contribution in [2.45, 2.75) is 6.18 Å². The van der Waals surface area contributed by atoms with E-state index in [1.807, 2.05) is 84.9 Å². The lowest BCUT2D eigenvalue weighted by Crippen LogP contribution is -2.07. The van der Waals surface area contributed by atoms with Gasteiger partial charge in [0, 0.05) is 21.5 Å². The summed E-state index contributed by atoms with van der Waals surface area (Å²) in [5, 5.41) is 26.3. The molecule has 0 bridgehead atoms. The summed E-state index contributed by atoms with van der Waals surface area (Å²) in [6, 6.07) is 77.6. The molecule has 0 saturated heterocycles. The van der Waals surface area contributed by atoms with E-state index in [9.17, 15) is 23.7 Å². The van der Waals surface area contributed by atoms with E-state index in [0.717, 1.165) is 100 Å². The maximum Gasteiger partial charge on any atom is 0.416 e. The van der Waals surface area contributed by atoms with E-state index in [1.54, 1.807) is 0 Å². The molecule has 0 amide bonds. The lowest BCUT2D eigenvalue weighted by atomic mass is 9.95. The Labute approximate surface area is 401 Å². The molecule has 0 saturated carbocycles. The third-order valence-corrected chi connectivity index (χ3v) is 13.4. The number of aromatic nitrogens is 2. The lowest BCUT2D eigenvalue weighted by Gasteiger charge is -2.20. The minimum Gasteiger partial charge on any atom is -0.308 e. The maximum absolute atomic E-state index is 14.3. The number of alkyl halides is 3. The van der Waals surface area contributed by atoms with Crippen molar-refractivity contribution in [2.75, 3.05) is 0 Å². The first-order chi connectivity index (χ1) is 34.2. The van der Waals surface area contributed by atoms with E-state index in [-0.39, 0.29) is 5.56 Å². The summed E-state index contributed by atoms with van der Waals surface area (Å²) in [6.45, 7) is 0. The molecule has 330 valence electrons. The van der Waals surface area contributed by atoms with Crippen LogP contribution in [0.3, 0.4) is 0 Å². The summed E-state index contributed by atoms with van der Waals surface area (Å²) in [5.74, 6) is 0. The highest BCUT2D eigenvalue weighted by Crippen LogP contribution is 2.44. The number of hydrogen-bond acceptors (Lipinski definition) is 2. The van der Waals surface area contributed by atoms with Crippen LogP contribution in [0.4, 0.5) is 13.2 Å². The molecule has 70 heavy (non-hydrogen) atoms. The molecule has 0 fully saturated rings. The van der Waals surface area contributed by atoms with Crippen LogP contribution < -0.4 is 0 Å². The van der Waals surface area contributed by atoms with Gasteiger partial charge in [-0.1, -0.05) is 176 Å². The average Bonchev–Trinajstić information content (AvgIpc) is 3.92. The Morgan fingerprint density at radius 3 is 0.971 bits per heavy atom. The van der Waals surface area contributed by atoms with Gasteiger partial charge in [-0.3, -0.25) is 0 Å². The molecule has 2 aromatic heterocycles. The van der Waals surface area contributed by atoms with Crippen LogP contribution >= 0.6 is 0 Å². The van der Waals surface area contributed by atoms with E-state index >= 15 is 0 Å². The first kappa shape index (κ1) is 42.0. The smallest absolute Gasteiger partial charge is 0.308 e. The predicted octanol–water partition coefficient (Wildman–Crippen LogP) is 17.0. The third kappa shape index (κ3) is 7.08. The predicted molar refractivity (Wildman–Crippen MR) is 277 cm³/mol. The molecule has 10 aromatic carbocycles. The topological polar surface area (TPSA) is 57.4 Å². The van der Waals surface area contributed by atoms with Crippen LogP contribution in [0.25, 0.3) is 111 Å². The quantitative estimate of drug-likeness (QED) is 0.160. The molecule has 0 spiro atoms. The van der Waals surface area contributed by atoms with E-state index in [0.29, 0.717) is 28.1 Å². The summed E-state index contributed by atoms with van der Waals surface area (Å²) < 4.78 is 47.1. The molecule has 0 aliphatic heterocycles. The Balaban J connectivity index is 1.25. The molecule has 0 aliphatic carbocycles. The zero-order valence-electron chi connectivity index (χ0n) is 37.3. The van der Waals surface area contributed by atoms with Crippen LogP contribution in [0, 0.1) is 22.7 Å². The summed E-state index contributed by atoms with van der Waals surface area (Å²) in [7, 11) is 0. The Kier molecular flexibility index (Phi) is 10.0. The lowest BCUT2D eigenvalue weighted by molar-refractivity contribution is -0.137. The second kappa shape index (κ2) is 16.7. The van der Waals surface area contributed by atoms with E-state index in [4.69, 9.17) is 0 Å². The van der Waals surface area contributed by atoms with Gasteiger partial charge in [0.2, 0.25) is 0 Å². The molecule has 12 aromatic rings. The van der Waals surface area contributed by atoms with Crippen molar-refractivity contribution in [3.8, 4) is 79.1 Å². The fourth-order valence-electron chi connectivity index (χ4n) is 10.1. The highest BCUT2D eigenvalue weighted by molar-refractivity contribution is 6.13. The summed E-state index contributed by atoms with van der Waals surface area (Å²) in [6.07, 6.45) is -4.67. The van der Waals surface area contributed by atoms with Crippen molar-refractivity contribution in [3.63, 3.8) is 0 Å². The number of nitrogens with zero attached hydrogens (tertiary/aromatic N) is 4. The normalized spacial score (nSPS) is 11.6.